The monoisotopic (exact) mass is 420 g/mol. The van der Waals surface area contributed by atoms with Gasteiger partial charge >= 0.3 is 6.03 Å². The van der Waals surface area contributed by atoms with Gasteiger partial charge in [-0.15, -0.1) is 0 Å². The molecule has 0 spiro atoms. The second kappa shape index (κ2) is 9.20. The molecule has 7 heteroatoms. The number of nitrogens with one attached hydrogen (secondary N) is 3. The van der Waals surface area contributed by atoms with Gasteiger partial charge in [-0.2, -0.15) is 0 Å². The van der Waals surface area contributed by atoms with Crippen molar-refractivity contribution in [2.75, 3.05) is 11.9 Å². The summed E-state index contributed by atoms with van der Waals surface area (Å²) in [6, 6.07) is 15.8. The van der Waals surface area contributed by atoms with E-state index in [1.807, 2.05) is 49.4 Å². The molecule has 2 aromatic rings. The highest BCUT2D eigenvalue weighted by Gasteiger charge is 2.36. The molecule has 1 heterocycles. The van der Waals surface area contributed by atoms with E-state index in [2.05, 4.69) is 16.0 Å². The Balaban J connectivity index is 1.37. The fourth-order valence-corrected chi connectivity index (χ4v) is 3.84. The number of hydrogen-bond acceptors (Lipinski definition) is 3. The Hall–Kier alpha value is -3.35. The van der Waals surface area contributed by atoms with Crippen LogP contribution in [0.2, 0.25) is 0 Å². The Kier molecular flexibility index (Phi) is 6.21. The van der Waals surface area contributed by atoms with Crippen LogP contribution < -0.4 is 16.0 Å². The summed E-state index contributed by atoms with van der Waals surface area (Å²) in [4.78, 5) is 39.4. The van der Waals surface area contributed by atoms with E-state index in [1.165, 1.54) is 0 Å². The number of anilines is 1. The number of carbonyl (C=O) groups is 3. The number of benzene rings is 2. The highest BCUT2D eigenvalue weighted by Crippen LogP contribution is 2.24. The summed E-state index contributed by atoms with van der Waals surface area (Å²) in [6.45, 7) is 2.47. The molecule has 3 N–H and O–H groups in total. The molecule has 1 saturated heterocycles. The quantitative estimate of drug-likeness (QED) is 0.669. The van der Waals surface area contributed by atoms with Crippen LogP contribution in [0.5, 0.6) is 0 Å². The van der Waals surface area contributed by atoms with Crippen LogP contribution in [0.15, 0.2) is 54.6 Å². The van der Waals surface area contributed by atoms with Crippen molar-refractivity contribution in [3.05, 3.63) is 65.7 Å². The summed E-state index contributed by atoms with van der Waals surface area (Å²) in [7, 11) is 0. The molecule has 31 heavy (non-hydrogen) atoms. The summed E-state index contributed by atoms with van der Waals surface area (Å²) in [5.74, 6) is -0.232. The van der Waals surface area contributed by atoms with Gasteiger partial charge in [0, 0.05) is 23.8 Å². The number of urea groups is 1. The first-order chi connectivity index (χ1) is 15.0. The number of likely N-dealkylation sites (tertiary alicyclic amines) is 1. The zero-order valence-electron chi connectivity index (χ0n) is 17.6. The first kappa shape index (κ1) is 20.9. The van der Waals surface area contributed by atoms with Gasteiger partial charge in [0.25, 0.3) is 5.91 Å². The second-order valence-corrected chi connectivity index (χ2v) is 8.25. The lowest BCUT2D eigenvalue weighted by atomic mass is 10.1. The lowest BCUT2D eigenvalue weighted by molar-refractivity contribution is -0.124. The molecule has 2 aromatic carbocycles. The predicted molar refractivity (Wildman–Crippen MR) is 119 cm³/mol. The standard InChI is InChI=1S/C24H28N4O3/c1-16(25-24(31)28-14-6-11-21(28)23(30)26-19-12-13-19)18-9-5-10-20(15-18)27-22(29)17-7-3-2-4-8-17/h2-5,7-10,15-16,19,21H,6,11-14H2,1H3,(H,25,31)(H,26,30)(H,27,29). The Morgan fingerprint density at radius 2 is 1.77 bits per heavy atom. The lowest BCUT2D eigenvalue weighted by Crippen LogP contribution is -2.50. The molecule has 1 aliphatic heterocycles. The third kappa shape index (κ3) is 5.23. The summed E-state index contributed by atoms with van der Waals surface area (Å²) in [6.07, 6.45) is 3.57. The van der Waals surface area contributed by atoms with Gasteiger partial charge in [0.1, 0.15) is 6.04 Å². The Morgan fingerprint density at radius 3 is 2.52 bits per heavy atom. The Labute approximate surface area is 182 Å². The topological polar surface area (TPSA) is 90.5 Å². The maximum Gasteiger partial charge on any atom is 0.318 e. The van der Waals surface area contributed by atoms with E-state index in [1.54, 1.807) is 17.0 Å². The summed E-state index contributed by atoms with van der Waals surface area (Å²) in [5.41, 5.74) is 2.12. The molecule has 0 aromatic heterocycles. The maximum atomic E-state index is 12.9. The molecule has 2 unspecified atom stereocenters. The molecule has 0 bridgehead atoms. The molecule has 1 aliphatic carbocycles. The van der Waals surface area contributed by atoms with E-state index in [4.69, 9.17) is 0 Å². The zero-order chi connectivity index (χ0) is 21.8. The molecule has 2 aliphatic rings. The molecule has 1 saturated carbocycles. The van der Waals surface area contributed by atoms with Crippen LogP contribution in [0.1, 0.15) is 54.6 Å². The van der Waals surface area contributed by atoms with Crippen molar-refractivity contribution in [3.63, 3.8) is 0 Å². The number of amides is 4. The average molecular weight is 421 g/mol. The van der Waals surface area contributed by atoms with Crippen LogP contribution in [0, 0.1) is 0 Å². The zero-order valence-corrected chi connectivity index (χ0v) is 17.6. The van der Waals surface area contributed by atoms with Crippen molar-refractivity contribution < 1.29 is 14.4 Å². The largest absolute Gasteiger partial charge is 0.352 e. The Bertz CT molecular complexity index is 958. The van der Waals surface area contributed by atoms with Crippen LogP contribution in [0.3, 0.4) is 0 Å². The summed E-state index contributed by atoms with van der Waals surface area (Å²) >= 11 is 0. The molecular weight excluding hydrogens is 392 g/mol. The molecule has 162 valence electrons. The van der Waals surface area contributed by atoms with E-state index in [-0.39, 0.29) is 29.9 Å². The molecule has 0 radical (unpaired) electrons. The fraction of sp³-hybridized carbons (Fsp3) is 0.375. The van der Waals surface area contributed by atoms with Crippen LogP contribution in [-0.4, -0.2) is 41.4 Å². The minimum Gasteiger partial charge on any atom is -0.352 e. The number of carbonyl (C=O) groups excluding carboxylic acids is 3. The molecule has 4 amide bonds. The highest BCUT2D eigenvalue weighted by molar-refractivity contribution is 6.04. The van der Waals surface area contributed by atoms with Gasteiger partial charge in [-0.3, -0.25) is 9.59 Å². The third-order valence-electron chi connectivity index (χ3n) is 5.76. The average Bonchev–Trinajstić information content (AvgIpc) is 3.45. The van der Waals surface area contributed by atoms with Crippen molar-refractivity contribution in [2.24, 2.45) is 0 Å². The molecular formula is C24H28N4O3. The van der Waals surface area contributed by atoms with Crippen molar-refractivity contribution in [1.82, 2.24) is 15.5 Å². The van der Waals surface area contributed by atoms with Gasteiger partial charge < -0.3 is 20.9 Å². The normalized spacial score (nSPS) is 18.9. The highest BCUT2D eigenvalue weighted by atomic mass is 16.2. The first-order valence-electron chi connectivity index (χ1n) is 10.8. The number of nitrogens with zero attached hydrogens (tertiary/aromatic N) is 1. The lowest BCUT2D eigenvalue weighted by Gasteiger charge is -2.26. The van der Waals surface area contributed by atoms with Gasteiger partial charge in [-0.1, -0.05) is 30.3 Å². The fourth-order valence-electron chi connectivity index (χ4n) is 3.84. The van der Waals surface area contributed by atoms with E-state index in [9.17, 15) is 14.4 Å². The third-order valence-corrected chi connectivity index (χ3v) is 5.76. The van der Waals surface area contributed by atoms with Crippen LogP contribution in [0.4, 0.5) is 10.5 Å². The second-order valence-electron chi connectivity index (χ2n) is 8.25. The van der Waals surface area contributed by atoms with Crippen molar-refractivity contribution in [3.8, 4) is 0 Å². The molecule has 4 rings (SSSR count). The SMILES string of the molecule is CC(NC(=O)N1CCCC1C(=O)NC1CC1)c1cccc(NC(=O)c2ccccc2)c1. The molecule has 2 atom stereocenters. The maximum absolute atomic E-state index is 12.9. The van der Waals surface area contributed by atoms with E-state index in [0.717, 1.165) is 24.8 Å². The predicted octanol–water partition coefficient (Wildman–Crippen LogP) is 3.45. The minimum atomic E-state index is -0.399. The van der Waals surface area contributed by atoms with Gasteiger partial charge in [0.15, 0.2) is 0 Å². The molecule has 7 nitrogen and oxygen atoms in total. The van der Waals surface area contributed by atoms with Gasteiger partial charge in [0.2, 0.25) is 5.91 Å². The smallest absolute Gasteiger partial charge is 0.318 e. The van der Waals surface area contributed by atoms with Crippen molar-refractivity contribution in [2.45, 2.75) is 50.7 Å². The summed E-state index contributed by atoms with van der Waals surface area (Å²) in [5, 5.41) is 8.90. The molecule has 2 fully saturated rings. The summed E-state index contributed by atoms with van der Waals surface area (Å²) < 4.78 is 0. The van der Waals surface area contributed by atoms with Crippen molar-refractivity contribution in [1.29, 1.82) is 0 Å². The van der Waals surface area contributed by atoms with Crippen molar-refractivity contribution >= 4 is 23.5 Å². The van der Waals surface area contributed by atoms with Crippen LogP contribution in [-0.2, 0) is 4.79 Å². The van der Waals surface area contributed by atoms with Crippen LogP contribution >= 0.6 is 0 Å². The van der Waals surface area contributed by atoms with E-state index >= 15 is 0 Å². The van der Waals surface area contributed by atoms with Gasteiger partial charge in [-0.25, -0.2) is 4.79 Å². The number of rotatable bonds is 6. The van der Waals surface area contributed by atoms with Gasteiger partial charge in [-0.05, 0) is 62.4 Å². The van der Waals surface area contributed by atoms with E-state index < -0.39 is 6.04 Å². The number of hydrogen-bond donors (Lipinski definition) is 3. The first-order valence-corrected chi connectivity index (χ1v) is 10.8. The Morgan fingerprint density at radius 1 is 1.00 bits per heavy atom. The minimum absolute atomic E-state index is 0.0478. The van der Waals surface area contributed by atoms with E-state index in [0.29, 0.717) is 24.2 Å². The van der Waals surface area contributed by atoms with Crippen LogP contribution in [0.25, 0.3) is 0 Å². The van der Waals surface area contributed by atoms with Gasteiger partial charge in [0.05, 0.1) is 6.04 Å².